The molecule has 1 saturated heterocycles. The van der Waals surface area contributed by atoms with E-state index < -0.39 is 0 Å². The van der Waals surface area contributed by atoms with Crippen molar-refractivity contribution in [1.29, 1.82) is 0 Å². The fraction of sp³-hybridized carbons (Fsp3) is 1.00. The van der Waals surface area contributed by atoms with Gasteiger partial charge in [-0.3, -0.25) is 0 Å². The molecule has 1 unspecified atom stereocenters. The first kappa shape index (κ1) is 11.3. The van der Waals surface area contributed by atoms with Crippen molar-refractivity contribution in [3.8, 4) is 0 Å². The average Bonchev–Trinajstić information content (AvgIpc) is 2.05. The van der Waals surface area contributed by atoms with Crippen LogP contribution in [0.4, 0.5) is 0 Å². The minimum Gasteiger partial charge on any atom is -0.379 e. The van der Waals surface area contributed by atoms with Crippen molar-refractivity contribution < 1.29 is 4.74 Å². The third kappa shape index (κ3) is 1.99. The lowest BCUT2D eigenvalue weighted by Gasteiger charge is -2.49. The van der Waals surface area contributed by atoms with Crippen molar-refractivity contribution >= 4 is 10.2 Å². The minimum absolute atomic E-state index is 0.236. The summed E-state index contributed by atoms with van der Waals surface area (Å²) in [6, 6.07) is 0. The molecule has 2 heteroatoms. The van der Waals surface area contributed by atoms with E-state index in [1.807, 2.05) is 0 Å². The monoisotopic (exact) mass is 200 g/mol. The van der Waals surface area contributed by atoms with Crippen molar-refractivity contribution in [1.82, 2.24) is 0 Å². The number of hydrogen-bond acceptors (Lipinski definition) is 1. The van der Waals surface area contributed by atoms with Gasteiger partial charge in [0.1, 0.15) is 0 Å². The van der Waals surface area contributed by atoms with E-state index in [1.165, 1.54) is 19.3 Å². The second-order valence-electron chi connectivity index (χ2n) is 5.41. The van der Waals surface area contributed by atoms with Gasteiger partial charge in [-0.1, -0.05) is 27.7 Å². The smallest absolute Gasteiger partial charge is 0.0537 e. The Morgan fingerprint density at radius 2 is 1.92 bits per heavy atom. The fourth-order valence-corrected chi connectivity index (χ4v) is 3.19. The summed E-state index contributed by atoms with van der Waals surface area (Å²) in [6.45, 7) is 10.4. The van der Waals surface area contributed by atoms with Crippen LogP contribution >= 0.6 is 0 Å². The van der Waals surface area contributed by atoms with Crippen LogP contribution in [-0.2, 0) is 4.74 Å². The number of rotatable bonds is 2. The van der Waals surface area contributed by atoms with Gasteiger partial charge in [0, 0.05) is 16.8 Å². The van der Waals surface area contributed by atoms with Crippen molar-refractivity contribution in [2.75, 3.05) is 6.61 Å². The van der Waals surface area contributed by atoms with Gasteiger partial charge in [-0.2, -0.15) is 0 Å². The largest absolute Gasteiger partial charge is 0.379 e. The highest BCUT2D eigenvalue weighted by Gasteiger charge is 2.44. The summed E-state index contributed by atoms with van der Waals surface area (Å²) < 4.78 is 6.05. The zero-order chi connectivity index (χ0) is 10.1. The Balaban J connectivity index is 2.76. The molecule has 0 aromatic rings. The molecule has 0 radical (unpaired) electrons. The highest BCUT2D eigenvalue weighted by Crippen LogP contribution is 2.43. The van der Waals surface area contributed by atoms with Crippen molar-refractivity contribution in [3.63, 3.8) is 0 Å². The Bertz CT molecular complexity index is 169. The predicted molar refractivity (Wildman–Crippen MR) is 61.1 cm³/mol. The van der Waals surface area contributed by atoms with Crippen LogP contribution in [0.3, 0.4) is 0 Å². The Labute approximate surface area is 85.7 Å². The van der Waals surface area contributed by atoms with Crippen LogP contribution in [0.25, 0.3) is 0 Å². The van der Waals surface area contributed by atoms with Crippen LogP contribution < -0.4 is 0 Å². The molecule has 0 spiro atoms. The molecule has 1 nitrogen and oxygen atoms in total. The topological polar surface area (TPSA) is 9.23 Å². The Morgan fingerprint density at radius 1 is 1.31 bits per heavy atom. The van der Waals surface area contributed by atoms with Gasteiger partial charge in [-0.15, -0.1) is 0 Å². The summed E-state index contributed by atoms with van der Waals surface area (Å²) >= 11 is 0. The Morgan fingerprint density at radius 3 is 2.31 bits per heavy atom. The van der Waals surface area contributed by atoms with Gasteiger partial charge in [-0.05, 0) is 30.6 Å². The molecule has 1 heterocycles. The van der Waals surface area contributed by atoms with Gasteiger partial charge in [0.05, 0.1) is 5.22 Å². The van der Waals surface area contributed by atoms with E-state index in [9.17, 15) is 0 Å². The first-order valence-electron chi connectivity index (χ1n) is 5.54. The van der Waals surface area contributed by atoms with Gasteiger partial charge in [0.15, 0.2) is 0 Å². The van der Waals surface area contributed by atoms with Crippen molar-refractivity contribution in [2.45, 2.75) is 52.2 Å². The van der Waals surface area contributed by atoms with Gasteiger partial charge in [-0.25, -0.2) is 0 Å². The molecular weight excluding hydrogens is 176 g/mol. The van der Waals surface area contributed by atoms with Gasteiger partial charge >= 0.3 is 0 Å². The lowest BCUT2D eigenvalue weighted by molar-refractivity contribution is -0.106. The maximum Gasteiger partial charge on any atom is 0.0537 e. The van der Waals surface area contributed by atoms with Crippen LogP contribution in [0.2, 0.25) is 0 Å². The molecule has 1 aliphatic heterocycles. The zero-order valence-corrected chi connectivity index (χ0v) is 11.8. The van der Waals surface area contributed by atoms with Crippen LogP contribution in [0.1, 0.15) is 47.0 Å². The SMILES string of the molecule is CC(C)C(C)(C)C1([SiH3])CCCCO1. The van der Waals surface area contributed by atoms with E-state index in [0.29, 0.717) is 11.3 Å². The first-order chi connectivity index (χ1) is 5.90. The maximum atomic E-state index is 6.05. The summed E-state index contributed by atoms with van der Waals surface area (Å²) in [7, 11) is 1.16. The fourth-order valence-electron chi connectivity index (χ4n) is 2.05. The van der Waals surface area contributed by atoms with Gasteiger partial charge in [0.25, 0.3) is 0 Å². The molecule has 0 saturated carbocycles. The molecule has 0 aromatic heterocycles. The quantitative estimate of drug-likeness (QED) is 0.619. The van der Waals surface area contributed by atoms with Crippen LogP contribution in [0.15, 0.2) is 0 Å². The molecule has 78 valence electrons. The molecule has 0 amide bonds. The zero-order valence-electron chi connectivity index (χ0n) is 9.81. The molecule has 1 aliphatic rings. The molecule has 0 bridgehead atoms. The summed E-state index contributed by atoms with van der Waals surface area (Å²) in [4.78, 5) is 0. The number of hydrogen-bond donors (Lipinski definition) is 0. The standard InChI is InChI=1S/C11H24OSi/c1-9(2)10(3,4)11(13)7-5-6-8-12-11/h9H,5-8H2,1-4,13H3. The van der Waals surface area contributed by atoms with Gasteiger partial charge in [0.2, 0.25) is 0 Å². The van der Waals surface area contributed by atoms with E-state index in [-0.39, 0.29) is 5.22 Å². The van der Waals surface area contributed by atoms with E-state index >= 15 is 0 Å². The second-order valence-corrected chi connectivity index (χ2v) is 7.03. The third-order valence-electron chi connectivity index (χ3n) is 4.28. The lowest BCUT2D eigenvalue weighted by atomic mass is 9.73. The normalized spacial score (nSPS) is 31.2. The molecule has 0 aromatic carbocycles. The minimum atomic E-state index is 0.236. The van der Waals surface area contributed by atoms with Crippen LogP contribution in [-0.4, -0.2) is 22.1 Å². The van der Waals surface area contributed by atoms with Crippen LogP contribution in [0.5, 0.6) is 0 Å². The highest BCUT2D eigenvalue weighted by molar-refractivity contribution is 6.15. The summed E-state index contributed by atoms with van der Waals surface area (Å²) in [5, 5.41) is 0.236. The van der Waals surface area contributed by atoms with E-state index in [2.05, 4.69) is 27.7 Å². The molecule has 0 N–H and O–H groups in total. The molecule has 1 rings (SSSR count). The summed E-state index contributed by atoms with van der Waals surface area (Å²) in [6.07, 6.45) is 3.90. The lowest BCUT2D eigenvalue weighted by Crippen LogP contribution is -2.52. The molecule has 1 fully saturated rings. The maximum absolute atomic E-state index is 6.05. The Kier molecular flexibility index (Phi) is 3.23. The highest BCUT2D eigenvalue weighted by atomic mass is 28.1. The number of ether oxygens (including phenoxy) is 1. The first-order valence-corrected chi connectivity index (χ1v) is 6.54. The predicted octanol–water partition coefficient (Wildman–Crippen LogP) is 1.93. The second kappa shape index (κ2) is 3.74. The average molecular weight is 200 g/mol. The summed E-state index contributed by atoms with van der Waals surface area (Å²) in [5.74, 6) is 0.711. The third-order valence-corrected chi connectivity index (χ3v) is 6.35. The molecule has 0 aliphatic carbocycles. The van der Waals surface area contributed by atoms with Crippen molar-refractivity contribution in [3.05, 3.63) is 0 Å². The molecule has 1 atom stereocenters. The van der Waals surface area contributed by atoms with E-state index in [4.69, 9.17) is 4.74 Å². The summed E-state index contributed by atoms with van der Waals surface area (Å²) in [5.41, 5.74) is 0.347. The molecule has 13 heavy (non-hydrogen) atoms. The Hall–Kier alpha value is 0.177. The van der Waals surface area contributed by atoms with E-state index in [0.717, 1.165) is 16.8 Å². The van der Waals surface area contributed by atoms with Crippen LogP contribution in [0, 0.1) is 11.3 Å². The molecular formula is C11H24OSi. The van der Waals surface area contributed by atoms with E-state index in [1.54, 1.807) is 0 Å². The van der Waals surface area contributed by atoms with Crippen molar-refractivity contribution in [2.24, 2.45) is 11.3 Å². The van der Waals surface area contributed by atoms with Gasteiger partial charge < -0.3 is 4.74 Å².